The Hall–Kier alpha value is -0.850. The highest BCUT2D eigenvalue weighted by Gasteiger charge is 2.15. The van der Waals surface area contributed by atoms with Gasteiger partial charge in [-0.1, -0.05) is 19.8 Å². The second-order valence-electron chi connectivity index (χ2n) is 5.07. The van der Waals surface area contributed by atoms with E-state index in [1.165, 1.54) is 37.0 Å². The molecule has 2 nitrogen and oxygen atoms in total. The molecule has 1 N–H and O–H groups in total. The maximum atomic E-state index is 8.77. The van der Waals surface area contributed by atoms with Crippen LogP contribution >= 0.6 is 11.3 Å². The van der Waals surface area contributed by atoms with Gasteiger partial charge >= 0.3 is 0 Å². The summed E-state index contributed by atoms with van der Waals surface area (Å²) in [6, 6.07) is 6.84. The van der Waals surface area contributed by atoms with Gasteiger partial charge in [0.1, 0.15) is 10.9 Å². The Morgan fingerprint density at radius 2 is 2.24 bits per heavy atom. The van der Waals surface area contributed by atoms with Crippen LogP contribution in [-0.4, -0.2) is 6.04 Å². The lowest BCUT2D eigenvalue weighted by molar-refractivity contribution is 0.449. The average Bonchev–Trinajstić information content (AvgIpc) is 2.70. The van der Waals surface area contributed by atoms with Crippen molar-refractivity contribution in [1.82, 2.24) is 5.32 Å². The molecule has 0 bridgehead atoms. The molecule has 1 heterocycles. The van der Waals surface area contributed by atoms with Crippen molar-refractivity contribution in [3.05, 3.63) is 21.9 Å². The van der Waals surface area contributed by atoms with Crippen molar-refractivity contribution in [2.75, 3.05) is 0 Å². The van der Waals surface area contributed by atoms with Gasteiger partial charge in [0.2, 0.25) is 0 Å². The lowest BCUT2D eigenvalue weighted by Gasteiger charge is -2.15. The van der Waals surface area contributed by atoms with Crippen LogP contribution in [0.25, 0.3) is 0 Å². The molecule has 1 aliphatic carbocycles. The second kappa shape index (κ2) is 6.18. The first kappa shape index (κ1) is 12.6. The van der Waals surface area contributed by atoms with Crippen LogP contribution in [-0.2, 0) is 6.54 Å². The molecule has 92 valence electrons. The third kappa shape index (κ3) is 3.83. The van der Waals surface area contributed by atoms with E-state index in [-0.39, 0.29) is 0 Å². The lowest BCUT2D eigenvalue weighted by Crippen LogP contribution is -2.27. The highest BCUT2D eigenvalue weighted by atomic mass is 32.1. The van der Waals surface area contributed by atoms with Crippen molar-refractivity contribution in [1.29, 1.82) is 5.26 Å². The van der Waals surface area contributed by atoms with Gasteiger partial charge in [0, 0.05) is 17.5 Å². The number of rotatable bonds is 3. The third-order valence-corrected chi connectivity index (χ3v) is 4.58. The van der Waals surface area contributed by atoms with Gasteiger partial charge in [-0.3, -0.25) is 0 Å². The first-order valence-electron chi connectivity index (χ1n) is 6.50. The van der Waals surface area contributed by atoms with Crippen LogP contribution in [0, 0.1) is 17.2 Å². The third-order valence-electron chi connectivity index (χ3n) is 3.59. The quantitative estimate of drug-likeness (QED) is 0.828. The Morgan fingerprint density at radius 1 is 1.35 bits per heavy atom. The molecule has 1 saturated carbocycles. The normalized spacial score (nSPS) is 25.2. The van der Waals surface area contributed by atoms with Gasteiger partial charge in [-0.15, -0.1) is 11.3 Å². The summed E-state index contributed by atoms with van der Waals surface area (Å²) in [5, 5.41) is 12.4. The second-order valence-corrected chi connectivity index (χ2v) is 6.24. The minimum absolute atomic E-state index is 0.674. The first-order valence-corrected chi connectivity index (χ1v) is 7.32. The molecular weight excluding hydrogens is 228 g/mol. The van der Waals surface area contributed by atoms with E-state index < -0.39 is 0 Å². The summed E-state index contributed by atoms with van der Waals surface area (Å²) in [5.74, 6) is 0.897. The van der Waals surface area contributed by atoms with Crippen molar-refractivity contribution in [2.45, 2.75) is 51.6 Å². The van der Waals surface area contributed by atoms with E-state index in [1.807, 2.05) is 6.07 Å². The summed E-state index contributed by atoms with van der Waals surface area (Å²) in [5.41, 5.74) is 0. The molecule has 0 aliphatic heterocycles. The van der Waals surface area contributed by atoms with Gasteiger partial charge in [-0.25, -0.2) is 0 Å². The lowest BCUT2D eigenvalue weighted by atomic mass is 10.0. The van der Waals surface area contributed by atoms with Gasteiger partial charge in [-0.05, 0) is 37.3 Å². The zero-order valence-corrected chi connectivity index (χ0v) is 11.2. The summed E-state index contributed by atoms with van der Waals surface area (Å²) in [6.07, 6.45) is 6.70. The highest BCUT2D eigenvalue weighted by molar-refractivity contribution is 7.12. The molecule has 2 unspecified atom stereocenters. The van der Waals surface area contributed by atoms with Crippen molar-refractivity contribution in [3.8, 4) is 6.07 Å². The molecule has 0 amide bonds. The van der Waals surface area contributed by atoms with Gasteiger partial charge in [0.15, 0.2) is 0 Å². The monoisotopic (exact) mass is 248 g/mol. The number of nitrogens with one attached hydrogen (secondary N) is 1. The number of thiophene rings is 1. The highest BCUT2D eigenvalue weighted by Crippen LogP contribution is 2.23. The maximum absolute atomic E-state index is 8.77. The Morgan fingerprint density at radius 3 is 3.00 bits per heavy atom. The van der Waals surface area contributed by atoms with Crippen LogP contribution in [0.4, 0.5) is 0 Å². The molecule has 1 fully saturated rings. The van der Waals surface area contributed by atoms with E-state index in [1.54, 1.807) is 11.3 Å². The van der Waals surface area contributed by atoms with E-state index in [2.05, 4.69) is 24.4 Å². The molecule has 2 rings (SSSR count). The Kier molecular flexibility index (Phi) is 4.58. The average molecular weight is 248 g/mol. The first-order chi connectivity index (χ1) is 8.28. The minimum atomic E-state index is 0.674. The number of hydrogen-bond donors (Lipinski definition) is 1. The number of hydrogen-bond acceptors (Lipinski definition) is 3. The molecular formula is C14H20N2S. The van der Waals surface area contributed by atoms with Crippen molar-refractivity contribution < 1.29 is 0 Å². The minimum Gasteiger partial charge on any atom is -0.309 e. The van der Waals surface area contributed by atoms with Crippen LogP contribution in [0.15, 0.2) is 12.1 Å². The smallest absolute Gasteiger partial charge is 0.110 e. The zero-order valence-electron chi connectivity index (χ0n) is 10.4. The predicted molar refractivity (Wildman–Crippen MR) is 71.9 cm³/mol. The topological polar surface area (TPSA) is 35.8 Å². The molecule has 0 spiro atoms. The van der Waals surface area contributed by atoms with E-state index in [0.717, 1.165) is 17.3 Å². The van der Waals surface area contributed by atoms with Crippen molar-refractivity contribution in [2.24, 2.45) is 5.92 Å². The van der Waals surface area contributed by atoms with Gasteiger partial charge in [0.25, 0.3) is 0 Å². The standard InChI is InChI=1S/C14H20N2S/c1-11-3-2-4-12(6-5-11)16-10-14-8-7-13(9-15)17-14/h7-8,11-12,16H,2-6,10H2,1H3. The van der Waals surface area contributed by atoms with Gasteiger partial charge < -0.3 is 5.32 Å². The fourth-order valence-corrected chi connectivity index (χ4v) is 3.22. The molecule has 0 saturated heterocycles. The largest absolute Gasteiger partial charge is 0.309 e. The fraction of sp³-hybridized carbons (Fsp3) is 0.643. The molecule has 1 aromatic heterocycles. The van der Waals surface area contributed by atoms with E-state index in [9.17, 15) is 0 Å². The Labute approximate surface area is 108 Å². The fourth-order valence-electron chi connectivity index (χ4n) is 2.47. The molecule has 0 aromatic carbocycles. The Balaban J connectivity index is 1.79. The summed E-state index contributed by atoms with van der Waals surface area (Å²) in [7, 11) is 0. The Bertz CT molecular complexity index is 391. The van der Waals surface area contributed by atoms with Crippen molar-refractivity contribution in [3.63, 3.8) is 0 Å². The summed E-state index contributed by atoms with van der Waals surface area (Å²) in [4.78, 5) is 2.09. The molecule has 17 heavy (non-hydrogen) atoms. The summed E-state index contributed by atoms with van der Waals surface area (Å²) < 4.78 is 0. The SMILES string of the molecule is CC1CCCC(NCc2ccc(C#N)s2)CC1. The maximum Gasteiger partial charge on any atom is 0.110 e. The number of nitriles is 1. The van der Waals surface area contributed by atoms with Crippen LogP contribution in [0.1, 0.15) is 48.8 Å². The van der Waals surface area contributed by atoms with Crippen LogP contribution < -0.4 is 5.32 Å². The summed E-state index contributed by atoms with van der Waals surface area (Å²) >= 11 is 1.60. The van der Waals surface area contributed by atoms with Crippen molar-refractivity contribution >= 4 is 11.3 Å². The van der Waals surface area contributed by atoms with E-state index in [0.29, 0.717) is 6.04 Å². The van der Waals surface area contributed by atoms with Crippen LogP contribution in [0.5, 0.6) is 0 Å². The van der Waals surface area contributed by atoms with Gasteiger partial charge in [-0.2, -0.15) is 5.26 Å². The zero-order chi connectivity index (χ0) is 12.1. The predicted octanol–water partition coefficient (Wildman–Crippen LogP) is 3.68. The van der Waals surface area contributed by atoms with E-state index >= 15 is 0 Å². The summed E-state index contributed by atoms with van der Waals surface area (Å²) in [6.45, 7) is 3.28. The van der Waals surface area contributed by atoms with Crippen LogP contribution in [0.3, 0.4) is 0 Å². The van der Waals surface area contributed by atoms with E-state index in [4.69, 9.17) is 5.26 Å². The molecule has 3 heteroatoms. The number of nitrogens with zero attached hydrogens (tertiary/aromatic N) is 1. The molecule has 2 atom stereocenters. The van der Waals surface area contributed by atoms with Gasteiger partial charge in [0.05, 0.1) is 0 Å². The molecule has 1 aliphatic rings. The van der Waals surface area contributed by atoms with Crippen LogP contribution in [0.2, 0.25) is 0 Å². The molecule has 0 radical (unpaired) electrons. The molecule has 1 aromatic rings.